The number of esters is 1. The van der Waals surface area contributed by atoms with E-state index < -0.39 is 5.60 Å². The van der Waals surface area contributed by atoms with Gasteiger partial charge in [-0.2, -0.15) is 0 Å². The average molecular weight is 370 g/mol. The molecule has 0 aromatic carbocycles. The van der Waals surface area contributed by atoms with Crippen molar-refractivity contribution in [1.82, 2.24) is 5.32 Å². The van der Waals surface area contributed by atoms with Gasteiger partial charge in [0.2, 0.25) is 5.91 Å². The van der Waals surface area contributed by atoms with Gasteiger partial charge in [-0.3, -0.25) is 9.59 Å². The summed E-state index contributed by atoms with van der Waals surface area (Å²) in [5.41, 5.74) is -0.466. The molecule has 1 amide bonds. The van der Waals surface area contributed by atoms with Crippen molar-refractivity contribution >= 4 is 11.9 Å². The molecule has 1 saturated heterocycles. The highest BCUT2D eigenvalue weighted by atomic mass is 16.6. The van der Waals surface area contributed by atoms with Crippen molar-refractivity contribution in [3.63, 3.8) is 0 Å². The van der Waals surface area contributed by atoms with Crippen LogP contribution >= 0.6 is 0 Å². The van der Waals surface area contributed by atoms with Crippen molar-refractivity contribution in [1.29, 1.82) is 0 Å². The van der Waals surface area contributed by atoms with Gasteiger partial charge in [0.25, 0.3) is 0 Å². The highest BCUT2D eigenvalue weighted by molar-refractivity contribution is 5.88. The number of ether oxygens (including phenoxy) is 2. The smallest absolute Gasteiger partial charge is 0.302 e. The quantitative estimate of drug-likeness (QED) is 0.332. The summed E-state index contributed by atoms with van der Waals surface area (Å²) in [5.74, 6) is -0.158. The predicted octanol–water partition coefficient (Wildman–Crippen LogP) is 2.59. The summed E-state index contributed by atoms with van der Waals surface area (Å²) in [5, 5.41) is 12.7. The zero-order valence-electron chi connectivity index (χ0n) is 17.0. The normalized spacial score (nSPS) is 26.8. The van der Waals surface area contributed by atoms with Crippen molar-refractivity contribution in [2.24, 2.45) is 11.8 Å². The SMILES string of the molecule is CC[C@@H](O)C[C@H](C)[C@@H]1O[C@@]1(C)/C=C/C(=O)N[C@H](COC(C)=O)[C@@H](C)CC. The molecule has 1 heterocycles. The van der Waals surface area contributed by atoms with Crippen LogP contribution in [0.5, 0.6) is 0 Å². The van der Waals surface area contributed by atoms with Gasteiger partial charge in [-0.05, 0) is 37.7 Å². The van der Waals surface area contributed by atoms with Crippen molar-refractivity contribution in [2.45, 2.75) is 84.7 Å². The van der Waals surface area contributed by atoms with E-state index in [4.69, 9.17) is 9.47 Å². The third-order valence-corrected chi connectivity index (χ3v) is 5.21. The number of carbonyl (C=O) groups is 2. The molecule has 0 radical (unpaired) electrons. The minimum atomic E-state index is -0.466. The Labute approximate surface area is 157 Å². The van der Waals surface area contributed by atoms with E-state index in [0.717, 1.165) is 12.8 Å². The van der Waals surface area contributed by atoms with E-state index in [1.807, 2.05) is 27.7 Å². The molecule has 0 aromatic heterocycles. The summed E-state index contributed by atoms with van der Waals surface area (Å²) in [6.07, 6.45) is 5.26. The molecule has 0 bridgehead atoms. The second-order valence-electron chi connectivity index (χ2n) is 7.63. The minimum Gasteiger partial charge on any atom is -0.464 e. The number of hydrogen-bond acceptors (Lipinski definition) is 5. The lowest BCUT2D eigenvalue weighted by Crippen LogP contribution is -2.42. The summed E-state index contributed by atoms with van der Waals surface area (Å²) in [6, 6.07) is -0.219. The number of amides is 1. The Balaban J connectivity index is 2.56. The third kappa shape index (κ3) is 7.08. The van der Waals surface area contributed by atoms with E-state index in [9.17, 15) is 14.7 Å². The van der Waals surface area contributed by atoms with Gasteiger partial charge in [-0.25, -0.2) is 0 Å². The molecule has 0 unspecified atom stereocenters. The van der Waals surface area contributed by atoms with Crippen molar-refractivity contribution in [2.75, 3.05) is 6.61 Å². The largest absolute Gasteiger partial charge is 0.464 e. The highest BCUT2D eigenvalue weighted by Crippen LogP contribution is 2.43. The molecule has 0 aromatic rings. The second kappa shape index (κ2) is 10.1. The lowest BCUT2D eigenvalue weighted by atomic mass is 9.91. The summed E-state index contributed by atoms with van der Waals surface area (Å²) >= 11 is 0. The lowest BCUT2D eigenvalue weighted by Gasteiger charge is -2.23. The Morgan fingerprint density at radius 3 is 2.50 bits per heavy atom. The zero-order valence-corrected chi connectivity index (χ0v) is 17.0. The average Bonchev–Trinajstić information content (AvgIpc) is 3.28. The van der Waals surface area contributed by atoms with Gasteiger partial charge in [0.1, 0.15) is 12.2 Å². The summed E-state index contributed by atoms with van der Waals surface area (Å²) < 4.78 is 10.8. The van der Waals surface area contributed by atoms with Crippen LogP contribution in [-0.4, -0.2) is 47.4 Å². The van der Waals surface area contributed by atoms with E-state index in [1.54, 1.807) is 6.08 Å². The van der Waals surface area contributed by atoms with E-state index in [1.165, 1.54) is 13.0 Å². The Bertz CT molecular complexity index is 506. The number of nitrogens with one attached hydrogen (secondary N) is 1. The third-order valence-electron chi connectivity index (χ3n) is 5.21. The molecule has 1 aliphatic rings. The molecule has 26 heavy (non-hydrogen) atoms. The fraction of sp³-hybridized carbons (Fsp3) is 0.800. The van der Waals surface area contributed by atoms with Gasteiger partial charge in [0.05, 0.1) is 18.2 Å². The number of rotatable bonds is 11. The predicted molar refractivity (Wildman–Crippen MR) is 101 cm³/mol. The maximum Gasteiger partial charge on any atom is 0.302 e. The van der Waals surface area contributed by atoms with Crippen LogP contribution in [0.4, 0.5) is 0 Å². The number of aliphatic hydroxyl groups is 1. The molecule has 0 saturated carbocycles. The first-order valence-corrected chi connectivity index (χ1v) is 9.61. The molecule has 6 atom stereocenters. The van der Waals surface area contributed by atoms with Crippen LogP contribution in [0, 0.1) is 11.8 Å². The molecule has 0 spiro atoms. The lowest BCUT2D eigenvalue weighted by molar-refractivity contribution is -0.142. The second-order valence-corrected chi connectivity index (χ2v) is 7.63. The molecule has 0 aliphatic carbocycles. The maximum atomic E-state index is 12.3. The van der Waals surface area contributed by atoms with Crippen LogP contribution in [0.15, 0.2) is 12.2 Å². The van der Waals surface area contributed by atoms with Gasteiger partial charge in [0, 0.05) is 13.0 Å². The summed E-state index contributed by atoms with van der Waals surface area (Å²) in [6.45, 7) is 11.5. The van der Waals surface area contributed by atoms with Gasteiger partial charge in [-0.15, -0.1) is 0 Å². The van der Waals surface area contributed by atoms with Crippen molar-refractivity contribution < 1.29 is 24.2 Å². The Morgan fingerprint density at radius 1 is 1.31 bits per heavy atom. The Kier molecular flexibility index (Phi) is 8.77. The molecule has 6 heteroatoms. The fourth-order valence-corrected chi connectivity index (χ4v) is 3.09. The molecular weight excluding hydrogens is 334 g/mol. The first kappa shape index (κ1) is 22.6. The minimum absolute atomic E-state index is 0.0131. The number of aliphatic hydroxyl groups excluding tert-OH is 1. The Morgan fingerprint density at radius 2 is 1.96 bits per heavy atom. The molecule has 1 fully saturated rings. The van der Waals surface area contributed by atoms with Gasteiger partial charge >= 0.3 is 5.97 Å². The number of epoxide rings is 1. The van der Waals surface area contributed by atoms with E-state index in [-0.39, 0.29) is 48.6 Å². The highest BCUT2D eigenvalue weighted by Gasteiger charge is 2.53. The maximum absolute atomic E-state index is 12.3. The molecule has 1 rings (SSSR count). The molecule has 2 N–H and O–H groups in total. The molecule has 6 nitrogen and oxygen atoms in total. The van der Waals surface area contributed by atoms with Gasteiger partial charge in [0.15, 0.2) is 0 Å². The topological polar surface area (TPSA) is 88.2 Å². The summed E-state index contributed by atoms with van der Waals surface area (Å²) in [7, 11) is 0. The van der Waals surface area contributed by atoms with Crippen LogP contribution in [-0.2, 0) is 19.1 Å². The van der Waals surface area contributed by atoms with Crippen molar-refractivity contribution in [3.8, 4) is 0 Å². The van der Waals surface area contributed by atoms with E-state index in [2.05, 4.69) is 12.2 Å². The van der Waals surface area contributed by atoms with Crippen LogP contribution in [0.2, 0.25) is 0 Å². The molecular formula is C20H35NO5. The zero-order chi connectivity index (χ0) is 19.9. The Hall–Kier alpha value is -1.40. The van der Waals surface area contributed by atoms with Gasteiger partial charge < -0.3 is 19.9 Å². The van der Waals surface area contributed by atoms with Crippen molar-refractivity contribution in [3.05, 3.63) is 12.2 Å². The van der Waals surface area contributed by atoms with Gasteiger partial charge in [-0.1, -0.05) is 34.1 Å². The van der Waals surface area contributed by atoms with Crippen LogP contribution < -0.4 is 5.32 Å². The van der Waals surface area contributed by atoms with E-state index in [0.29, 0.717) is 6.42 Å². The van der Waals surface area contributed by atoms with Crippen LogP contribution in [0.3, 0.4) is 0 Å². The summed E-state index contributed by atoms with van der Waals surface area (Å²) in [4.78, 5) is 23.3. The fourth-order valence-electron chi connectivity index (χ4n) is 3.09. The monoisotopic (exact) mass is 369 g/mol. The van der Waals surface area contributed by atoms with E-state index >= 15 is 0 Å². The molecule has 150 valence electrons. The molecule has 1 aliphatic heterocycles. The number of hydrogen-bond donors (Lipinski definition) is 2. The first-order chi connectivity index (χ1) is 12.1. The van der Waals surface area contributed by atoms with Crippen LogP contribution in [0.1, 0.15) is 60.8 Å². The standard InChI is InChI=1S/C20H35NO5/c1-7-13(3)17(12-25-15(5)22)21-18(24)9-10-20(6)19(26-20)14(4)11-16(23)8-2/h9-10,13-14,16-17,19,23H,7-8,11-12H2,1-6H3,(H,21,24)/b10-9+/t13-,14-,16+,17+,19-,20-/m0/s1. The van der Waals surface area contributed by atoms with Crippen LogP contribution in [0.25, 0.3) is 0 Å². The number of carbonyl (C=O) groups excluding carboxylic acids is 2. The first-order valence-electron chi connectivity index (χ1n) is 9.61.